The van der Waals surface area contributed by atoms with Gasteiger partial charge in [-0.2, -0.15) is 0 Å². The summed E-state index contributed by atoms with van der Waals surface area (Å²) in [6.07, 6.45) is -4.74. The summed E-state index contributed by atoms with van der Waals surface area (Å²) >= 11 is 0. The Hall–Kier alpha value is -1.91. The van der Waals surface area contributed by atoms with Crippen molar-refractivity contribution in [3.8, 4) is 11.5 Å². The lowest BCUT2D eigenvalue weighted by Gasteiger charge is -2.14. The first kappa shape index (κ1) is 11.6. The molecule has 2 aromatic rings. The molecular formula is C12H9F3O2. The molecule has 0 spiro atoms. The second-order valence-corrected chi connectivity index (χ2v) is 3.37. The van der Waals surface area contributed by atoms with Crippen LogP contribution in [-0.4, -0.2) is 13.5 Å². The van der Waals surface area contributed by atoms with Crippen LogP contribution in [-0.2, 0) is 0 Å². The number of rotatable bonds is 2. The highest BCUT2D eigenvalue weighted by Gasteiger charge is 2.33. The number of benzene rings is 2. The molecule has 0 unspecified atom stereocenters. The Morgan fingerprint density at radius 1 is 1.00 bits per heavy atom. The van der Waals surface area contributed by atoms with Gasteiger partial charge < -0.3 is 9.47 Å². The molecule has 2 nitrogen and oxygen atoms in total. The molecule has 5 heteroatoms. The zero-order valence-corrected chi connectivity index (χ0v) is 8.91. The fourth-order valence-corrected chi connectivity index (χ4v) is 1.60. The lowest BCUT2D eigenvalue weighted by molar-refractivity contribution is -0.274. The summed E-state index contributed by atoms with van der Waals surface area (Å²) in [6, 6.07) is 9.77. The van der Waals surface area contributed by atoms with Crippen LogP contribution < -0.4 is 9.47 Å². The number of hydrogen-bond acceptors (Lipinski definition) is 2. The van der Waals surface area contributed by atoms with Crippen molar-refractivity contribution in [1.29, 1.82) is 0 Å². The highest BCUT2D eigenvalue weighted by atomic mass is 19.4. The average molecular weight is 242 g/mol. The summed E-state index contributed by atoms with van der Waals surface area (Å²) in [7, 11) is 1.30. The molecule has 0 aliphatic heterocycles. The minimum atomic E-state index is -4.74. The summed E-state index contributed by atoms with van der Waals surface area (Å²) in [5.41, 5.74) is 0. The maximum atomic E-state index is 12.3. The van der Waals surface area contributed by atoms with Crippen LogP contribution in [0.2, 0.25) is 0 Å². The van der Waals surface area contributed by atoms with Crippen molar-refractivity contribution >= 4 is 10.8 Å². The Kier molecular flexibility index (Phi) is 2.83. The van der Waals surface area contributed by atoms with Crippen molar-refractivity contribution in [2.45, 2.75) is 6.36 Å². The van der Waals surface area contributed by atoms with Gasteiger partial charge in [-0.15, -0.1) is 13.2 Å². The first-order valence-corrected chi connectivity index (χ1v) is 4.83. The lowest BCUT2D eigenvalue weighted by Crippen LogP contribution is -2.17. The summed E-state index contributed by atoms with van der Waals surface area (Å²) in [4.78, 5) is 0. The molecule has 0 saturated heterocycles. The molecule has 0 aliphatic carbocycles. The van der Waals surface area contributed by atoms with Gasteiger partial charge in [0.2, 0.25) is 0 Å². The van der Waals surface area contributed by atoms with E-state index in [2.05, 4.69) is 4.74 Å². The molecule has 2 aromatic carbocycles. The molecule has 0 aliphatic rings. The van der Waals surface area contributed by atoms with Crippen LogP contribution in [0.3, 0.4) is 0 Å². The van der Waals surface area contributed by atoms with Crippen molar-refractivity contribution in [2.24, 2.45) is 0 Å². The summed E-state index contributed by atoms with van der Waals surface area (Å²) in [5.74, 6) is -0.251. The van der Waals surface area contributed by atoms with Crippen LogP contribution in [0.25, 0.3) is 10.8 Å². The standard InChI is InChI=1S/C12H9F3O2/c1-16-10-7-6-8-4-2-3-5-9(8)11(10)17-12(13,14)15/h2-7H,1H3. The van der Waals surface area contributed by atoms with Gasteiger partial charge >= 0.3 is 6.36 Å². The van der Waals surface area contributed by atoms with Crippen molar-refractivity contribution in [3.63, 3.8) is 0 Å². The average Bonchev–Trinajstić information content (AvgIpc) is 2.28. The number of methoxy groups -OCH3 is 1. The minimum Gasteiger partial charge on any atom is -0.493 e. The Morgan fingerprint density at radius 2 is 1.71 bits per heavy atom. The number of hydrogen-bond donors (Lipinski definition) is 0. The molecule has 0 fully saturated rings. The Balaban J connectivity index is 2.63. The smallest absolute Gasteiger partial charge is 0.493 e. The molecule has 2 rings (SSSR count). The van der Waals surface area contributed by atoms with Crippen molar-refractivity contribution in [3.05, 3.63) is 36.4 Å². The van der Waals surface area contributed by atoms with Crippen LogP contribution in [0, 0.1) is 0 Å². The van der Waals surface area contributed by atoms with Gasteiger partial charge in [0.15, 0.2) is 11.5 Å². The largest absolute Gasteiger partial charge is 0.573 e. The summed E-state index contributed by atoms with van der Waals surface area (Å²) < 4.78 is 45.8. The predicted molar refractivity (Wildman–Crippen MR) is 57.2 cm³/mol. The van der Waals surface area contributed by atoms with E-state index in [1.807, 2.05) is 0 Å². The SMILES string of the molecule is COc1ccc2ccccc2c1OC(F)(F)F. The van der Waals surface area contributed by atoms with E-state index in [1.54, 1.807) is 30.3 Å². The second-order valence-electron chi connectivity index (χ2n) is 3.37. The van der Waals surface area contributed by atoms with Crippen molar-refractivity contribution < 1.29 is 22.6 Å². The van der Waals surface area contributed by atoms with E-state index in [4.69, 9.17) is 4.74 Å². The van der Waals surface area contributed by atoms with E-state index in [1.165, 1.54) is 13.2 Å². The van der Waals surface area contributed by atoms with Crippen LogP contribution in [0.5, 0.6) is 11.5 Å². The van der Waals surface area contributed by atoms with Gasteiger partial charge in [0.1, 0.15) is 0 Å². The third-order valence-electron chi connectivity index (χ3n) is 2.28. The van der Waals surface area contributed by atoms with E-state index < -0.39 is 6.36 Å². The van der Waals surface area contributed by atoms with E-state index in [-0.39, 0.29) is 11.5 Å². The molecule has 0 amide bonds. The molecule has 0 heterocycles. The number of ether oxygens (including phenoxy) is 2. The molecule has 0 N–H and O–H groups in total. The van der Waals surface area contributed by atoms with Crippen molar-refractivity contribution in [2.75, 3.05) is 7.11 Å². The van der Waals surface area contributed by atoms with E-state index in [0.29, 0.717) is 10.8 Å². The van der Waals surface area contributed by atoms with E-state index >= 15 is 0 Å². The quantitative estimate of drug-likeness (QED) is 0.798. The maximum absolute atomic E-state index is 12.3. The molecular weight excluding hydrogens is 233 g/mol. The number of alkyl halides is 3. The molecule has 0 radical (unpaired) electrons. The monoisotopic (exact) mass is 242 g/mol. The first-order valence-electron chi connectivity index (χ1n) is 4.83. The molecule has 90 valence electrons. The minimum absolute atomic E-state index is 0.0565. The van der Waals surface area contributed by atoms with E-state index in [0.717, 1.165) is 0 Å². The first-order chi connectivity index (χ1) is 8.01. The maximum Gasteiger partial charge on any atom is 0.573 e. The second kappa shape index (κ2) is 4.16. The zero-order valence-electron chi connectivity index (χ0n) is 8.91. The molecule has 0 bridgehead atoms. The fraction of sp³-hybridized carbons (Fsp3) is 0.167. The normalized spacial score (nSPS) is 11.5. The van der Waals surface area contributed by atoms with Gasteiger partial charge in [-0.1, -0.05) is 30.3 Å². The predicted octanol–water partition coefficient (Wildman–Crippen LogP) is 3.75. The van der Waals surface area contributed by atoms with Gasteiger partial charge in [0, 0.05) is 5.39 Å². The Morgan fingerprint density at radius 3 is 2.35 bits per heavy atom. The summed E-state index contributed by atoms with van der Waals surface area (Å²) in [6.45, 7) is 0. The number of halogens is 3. The van der Waals surface area contributed by atoms with E-state index in [9.17, 15) is 13.2 Å². The van der Waals surface area contributed by atoms with Gasteiger partial charge in [-0.25, -0.2) is 0 Å². The molecule has 0 saturated carbocycles. The van der Waals surface area contributed by atoms with Crippen LogP contribution in [0.15, 0.2) is 36.4 Å². The van der Waals surface area contributed by atoms with Crippen molar-refractivity contribution in [1.82, 2.24) is 0 Å². The van der Waals surface area contributed by atoms with Crippen LogP contribution >= 0.6 is 0 Å². The Labute approximate surface area is 95.6 Å². The third kappa shape index (κ3) is 2.43. The highest BCUT2D eigenvalue weighted by Crippen LogP contribution is 2.38. The summed E-state index contributed by atoms with van der Waals surface area (Å²) in [5, 5.41) is 1.02. The van der Waals surface area contributed by atoms with Gasteiger partial charge in [-0.05, 0) is 11.5 Å². The van der Waals surface area contributed by atoms with Gasteiger partial charge in [-0.3, -0.25) is 0 Å². The molecule has 17 heavy (non-hydrogen) atoms. The third-order valence-corrected chi connectivity index (χ3v) is 2.28. The zero-order chi connectivity index (χ0) is 12.5. The molecule has 0 atom stereocenters. The van der Waals surface area contributed by atoms with Crippen LogP contribution in [0.1, 0.15) is 0 Å². The molecule has 0 aromatic heterocycles. The Bertz CT molecular complexity index is 535. The number of fused-ring (bicyclic) bond motifs is 1. The highest BCUT2D eigenvalue weighted by molar-refractivity contribution is 5.90. The topological polar surface area (TPSA) is 18.5 Å². The van der Waals surface area contributed by atoms with Crippen LogP contribution in [0.4, 0.5) is 13.2 Å². The van der Waals surface area contributed by atoms with Gasteiger partial charge in [0.05, 0.1) is 7.11 Å². The van der Waals surface area contributed by atoms with Gasteiger partial charge in [0.25, 0.3) is 0 Å². The fourth-order valence-electron chi connectivity index (χ4n) is 1.60. The lowest BCUT2D eigenvalue weighted by atomic mass is 10.1.